The van der Waals surface area contributed by atoms with Gasteiger partial charge in [0.2, 0.25) is 0 Å². The Labute approximate surface area is 218 Å². The average molecular weight is 513 g/mol. The molecule has 0 bridgehead atoms. The monoisotopic (exact) mass is 512 g/mol. The Hall–Kier alpha value is -4.57. The minimum absolute atomic E-state index is 0.00437. The first-order chi connectivity index (χ1) is 17.9. The first-order valence-corrected chi connectivity index (χ1v) is 12.4. The van der Waals surface area contributed by atoms with E-state index in [1.807, 2.05) is 66.9 Å². The largest absolute Gasteiger partial charge is 0.276 e. The molecule has 1 N–H and O–H groups in total. The summed E-state index contributed by atoms with van der Waals surface area (Å²) in [6.45, 7) is 4.05. The molecule has 0 saturated carbocycles. The van der Waals surface area contributed by atoms with E-state index in [0.29, 0.717) is 16.5 Å². The number of hydrogen-bond donors (Lipinski definition) is 1. The quantitative estimate of drug-likeness (QED) is 0.140. The molecule has 0 aliphatic carbocycles. The standard InChI is InChI=1S/C27H24N6O3S/c1-19-9-13-22(14-10-19)26-30-31-27(32(26)23-15-11-20(2)12-16-23)37-18-25(34)29-28-17-5-7-21-6-3-4-8-24(21)33(35)36/h3-17H,18H2,1-2H3,(H,29,34)/b7-5+,28-17-. The van der Waals surface area contributed by atoms with Crippen LogP contribution in [-0.2, 0) is 4.79 Å². The van der Waals surface area contributed by atoms with E-state index >= 15 is 0 Å². The molecule has 0 aliphatic heterocycles. The van der Waals surface area contributed by atoms with Gasteiger partial charge in [0, 0.05) is 23.5 Å². The first kappa shape index (κ1) is 25.5. The van der Waals surface area contributed by atoms with E-state index in [1.54, 1.807) is 24.3 Å². The number of para-hydroxylation sites is 1. The lowest BCUT2D eigenvalue weighted by molar-refractivity contribution is -0.385. The highest BCUT2D eigenvalue weighted by Crippen LogP contribution is 2.28. The van der Waals surface area contributed by atoms with Crippen LogP contribution in [0.3, 0.4) is 0 Å². The molecule has 4 aromatic rings. The summed E-state index contributed by atoms with van der Waals surface area (Å²) in [7, 11) is 0. The fourth-order valence-corrected chi connectivity index (χ4v) is 4.18. The maximum atomic E-state index is 12.4. The van der Waals surface area contributed by atoms with Crippen LogP contribution in [0.5, 0.6) is 0 Å². The first-order valence-electron chi connectivity index (χ1n) is 11.4. The lowest BCUT2D eigenvalue weighted by atomic mass is 10.1. The molecule has 0 spiro atoms. The van der Waals surface area contributed by atoms with Crippen molar-refractivity contribution < 1.29 is 9.72 Å². The fourth-order valence-electron chi connectivity index (χ4n) is 3.44. The van der Waals surface area contributed by atoms with Gasteiger partial charge >= 0.3 is 0 Å². The molecule has 0 radical (unpaired) electrons. The minimum atomic E-state index is -0.449. The van der Waals surface area contributed by atoms with Gasteiger partial charge in [-0.1, -0.05) is 71.4 Å². The van der Waals surface area contributed by atoms with Crippen LogP contribution >= 0.6 is 11.8 Å². The molecule has 10 heteroatoms. The summed E-state index contributed by atoms with van der Waals surface area (Å²) in [5.41, 5.74) is 6.99. The lowest BCUT2D eigenvalue weighted by Crippen LogP contribution is -2.19. The Kier molecular flexibility index (Phi) is 8.22. The fraction of sp³-hybridized carbons (Fsp3) is 0.111. The zero-order valence-corrected chi connectivity index (χ0v) is 21.1. The minimum Gasteiger partial charge on any atom is -0.272 e. The number of amides is 1. The number of carbonyl (C=O) groups excluding carboxylic acids is 1. The topological polar surface area (TPSA) is 115 Å². The second-order valence-electron chi connectivity index (χ2n) is 8.12. The molecule has 1 amide bonds. The maximum Gasteiger partial charge on any atom is 0.276 e. The van der Waals surface area contributed by atoms with Gasteiger partial charge in [-0.2, -0.15) is 5.10 Å². The number of benzene rings is 3. The predicted molar refractivity (Wildman–Crippen MR) is 146 cm³/mol. The summed E-state index contributed by atoms with van der Waals surface area (Å²) in [6.07, 6.45) is 4.44. The van der Waals surface area contributed by atoms with E-state index in [2.05, 4.69) is 20.7 Å². The van der Waals surface area contributed by atoms with Gasteiger partial charge in [-0.3, -0.25) is 19.5 Å². The summed E-state index contributed by atoms with van der Waals surface area (Å²) >= 11 is 1.25. The van der Waals surface area contributed by atoms with Gasteiger partial charge in [0.1, 0.15) is 0 Å². The molecule has 1 aromatic heterocycles. The van der Waals surface area contributed by atoms with Gasteiger partial charge in [-0.15, -0.1) is 10.2 Å². The van der Waals surface area contributed by atoms with Crippen molar-refractivity contribution in [3.63, 3.8) is 0 Å². The molecule has 4 rings (SSSR count). The molecule has 0 saturated heterocycles. The van der Waals surface area contributed by atoms with Gasteiger partial charge in [0.05, 0.1) is 16.2 Å². The number of nitrogens with one attached hydrogen (secondary N) is 1. The summed E-state index contributed by atoms with van der Waals surface area (Å²) in [5, 5.41) is 24.3. The molecule has 1 heterocycles. The summed E-state index contributed by atoms with van der Waals surface area (Å²) in [4.78, 5) is 23.0. The van der Waals surface area contributed by atoms with E-state index < -0.39 is 4.92 Å². The van der Waals surface area contributed by atoms with Crippen molar-refractivity contribution in [1.82, 2.24) is 20.2 Å². The van der Waals surface area contributed by atoms with Crippen LogP contribution in [0.2, 0.25) is 0 Å². The predicted octanol–water partition coefficient (Wildman–Crippen LogP) is 5.37. The van der Waals surface area contributed by atoms with E-state index in [0.717, 1.165) is 22.4 Å². The zero-order chi connectivity index (χ0) is 26.2. The SMILES string of the molecule is Cc1ccc(-c2nnc(SCC(=O)N/N=C\C=C\c3ccccc3[N+](=O)[O-])n2-c2ccc(C)cc2)cc1. The number of aryl methyl sites for hydroxylation is 2. The summed E-state index contributed by atoms with van der Waals surface area (Å²) < 4.78 is 1.93. The van der Waals surface area contributed by atoms with Crippen LogP contribution in [0.25, 0.3) is 23.2 Å². The number of thioether (sulfide) groups is 1. The molecule has 0 atom stereocenters. The van der Waals surface area contributed by atoms with E-state index in [4.69, 9.17) is 0 Å². The third-order valence-electron chi connectivity index (χ3n) is 5.33. The molecule has 9 nitrogen and oxygen atoms in total. The lowest BCUT2D eigenvalue weighted by Gasteiger charge is -2.11. The van der Waals surface area contributed by atoms with Crippen molar-refractivity contribution in [2.24, 2.45) is 5.10 Å². The van der Waals surface area contributed by atoms with E-state index in [1.165, 1.54) is 30.1 Å². The second-order valence-corrected chi connectivity index (χ2v) is 9.06. The third kappa shape index (κ3) is 6.56. The maximum absolute atomic E-state index is 12.4. The third-order valence-corrected chi connectivity index (χ3v) is 6.26. The van der Waals surface area contributed by atoms with Gasteiger partial charge < -0.3 is 0 Å². The van der Waals surface area contributed by atoms with Crippen LogP contribution in [-0.4, -0.2) is 37.6 Å². The van der Waals surface area contributed by atoms with Crippen LogP contribution in [0.1, 0.15) is 16.7 Å². The van der Waals surface area contributed by atoms with Crippen molar-refractivity contribution in [1.29, 1.82) is 0 Å². The number of nitro groups is 1. The number of hydrogen-bond acceptors (Lipinski definition) is 7. The molecule has 3 aromatic carbocycles. The summed E-state index contributed by atoms with van der Waals surface area (Å²) in [5.74, 6) is 0.434. The highest BCUT2D eigenvalue weighted by molar-refractivity contribution is 7.99. The second kappa shape index (κ2) is 11.9. The van der Waals surface area contributed by atoms with Crippen LogP contribution in [0.4, 0.5) is 5.69 Å². The molecule has 186 valence electrons. The van der Waals surface area contributed by atoms with Crippen molar-refractivity contribution in [3.8, 4) is 17.1 Å². The van der Waals surface area contributed by atoms with Gasteiger partial charge in [-0.25, -0.2) is 5.43 Å². The molecule has 0 unspecified atom stereocenters. The van der Waals surface area contributed by atoms with Crippen molar-refractivity contribution in [3.05, 3.63) is 106 Å². The molecular weight excluding hydrogens is 488 g/mol. The van der Waals surface area contributed by atoms with E-state index in [9.17, 15) is 14.9 Å². The van der Waals surface area contributed by atoms with Crippen LogP contribution in [0, 0.1) is 24.0 Å². The number of carbonyl (C=O) groups is 1. The summed E-state index contributed by atoms with van der Waals surface area (Å²) in [6, 6.07) is 22.4. The van der Waals surface area contributed by atoms with Crippen molar-refractivity contribution >= 4 is 35.6 Å². The number of allylic oxidation sites excluding steroid dienone is 1. The molecular formula is C27H24N6O3S. The van der Waals surface area contributed by atoms with Gasteiger partial charge in [0.25, 0.3) is 11.6 Å². The van der Waals surface area contributed by atoms with E-state index in [-0.39, 0.29) is 17.3 Å². The van der Waals surface area contributed by atoms with Gasteiger partial charge in [0.15, 0.2) is 11.0 Å². The average Bonchev–Trinajstić information content (AvgIpc) is 3.32. The number of nitrogens with zero attached hydrogens (tertiary/aromatic N) is 5. The van der Waals surface area contributed by atoms with Crippen molar-refractivity contribution in [2.75, 3.05) is 5.75 Å². The zero-order valence-electron chi connectivity index (χ0n) is 20.2. The number of nitro benzene ring substituents is 1. The Balaban J connectivity index is 1.44. The molecule has 0 fully saturated rings. The highest BCUT2D eigenvalue weighted by atomic mass is 32.2. The molecule has 37 heavy (non-hydrogen) atoms. The number of hydrazone groups is 1. The highest BCUT2D eigenvalue weighted by Gasteiger charge is 2.17. The number of aromatic nitrogens is 3. The molecule has 0 aliphatic rings. The van der Waals surface area contributed by atoms with Crippen LogP contribution < -0.4 is 5.43 Å². The Morgan fingerprint density at radius 2 is 1.70 bits per heavy atom. The normalized spacial score (nSPS) is 11.3. The Morgan fingerprint density at radius 1 is 1.03 bits per heavy atom. The van der Waals surface area contributed by atoms with Crippen molar-refractivity contribution in [2.45, 2.75) is 19.0 Å². The Morgan fingerprint density at radius 3 is 2.41 bits per heavy atom. The number of rotatable bonds is 9. The smallest absolute Gasteiger partial charge is 0.272 e. The van der Waals surface area contributed by atoms with Crippen LogP contribution in [0.15, 0.2) is 89.1 Å². The Bertz CT molecular complexity index is 1460. The van der Waals surface area contributed by atoms with Gasteiger partial charge in [-0.05, 0) is 44.2 Å².